The van der Waals surface area contributed by atoms with Crippen molar-refractivity contribution in [2.24, 2.45) is 0 Å². The molecule has 0 aliphatic carbocycles. The normalized spacial score (nSPS) is 18.6. The Hall–Kier alpha value is -0.730. The number of nitrogens with zero attached hydrogens (tertiary/aromatic N) is 1. The van der Waals surface area contributed by atoms with Crippen LogP contribution in [0.5, 0.6) is 0 Å². The highest BCUT2D eigenvalue weighted by Gasteiger charge is 2.21. The standard InChI is InChI=1S/C13H18ClFN2O3S/c1-10(9-17-4-6-20-7-5-17)16-21(18,19)11-2-3-13(15)12(14)8-11/h2-3,8,10,16H,4-7,9H2,1H3/t10-/m0/s1. The van der Waals surface area contributed by atoms with Crippen LogP contribution in [0.4, 0.5) is 4.39 Å². The monoisotopic (exact) mass is 336 g/mol. The Morgan fingerprint density at radius 3 is 2.71 bits per heavy atom. The summed E-state index contributed by atoms with van der Waals surface area (Å²) in [5, 5.41) is -0.210. The number of nitrogens with one attached hydrogen (secondary N) is 1. The van der Waals surface area contributed by atoms with Gasteiger partial charge in [0.15, 0.2) is 0 Å². The predicted octanol–water partition coefficient (Wildman–Crippen LogP) is 1.48. The first-order chi connectivity index (χ1) is 9.88. The Bertz CT molecular complexity index is 591. The van der Waals surface area contributed by atoms with Crippen molar-refractivity contribution in [3.8, 4) is 0 Å². The third-order valence-electron chi connectivity index (χ3n) is 3.19. The molecule has 21 heavy (non-hydrogen) atoms. The van der Waals surface area contributed by atoms with Gasteiger partial charge in [0.05, 0.1) is 23.1 Å². The summed E-state index contributed by atoms with van der Waals surface area (Å²) in [4.78, 5) is 2.09. The lowest BCUT2D eigenvalue weighted by Gasteiger charge is -2.29. The molecule has 0 saturated carbocycles. The average Bonchev–Trinajstić information content (AvgIpc) is 2.42. The Morgan fingerprint density at radius 2 is 2.10 bits per heavy atom. The molecule has 118 valence electrons. The molecule has 8 heteroatoms. The lowest BCUT2D eigenvalue weighted by molar-refractivity contribution is 0.0354. The van der Waals surface area contributed by atoms with Crippen LogP contribution >= 0.6 is 11.6 Å². The third kappa shape index (κ3) is 4.62. The van der Waals surface area contributed by atoms with Crippen molar-refractivity contribution in [1.82, 2.24) is 9.62 Å². The van der Waals surface area contributed by atoms with Gasteiger partial charge in [-0.2, -0.15) is 0 Å². The van der Waals surface area contributed by atoms with Crippen LogP contribution in [0.1, 0.15) is 6.92 Å². The topological polar surface area (TPSA) is 58.6 Å². The molecule has 1 N–H and O–H groups in total. The summed E-state index contributed by atoms with van der Waals surface area (Å²) in [6, 6.07) is 3.09. The van der Waals surface area contributed by atoms with Gasteiger partial charge in [0.25, 0.3) is 0 Å². The first kappa shape index (κ1) is 16.6. The van der Waals surface area contributed by atoms with Crippen LogP contribution in [0.2, 0.25) is 5.02 Å². The van der Waals surface area contributed by atoms with E-state index in [0.717, 1.165) is 25.2 Å². The van der Waals surface area contributed by atoms with Gasteiger partial charge in [-0.25, -0.2) is 17.5 Å². The zero-order chi connectivity index (χ0) is 15.5. The minimum absolute atomic E-state index is 0.0391. The minimum atomic E-state index is -3.71. The lowest BCUT2D eigenvalue weighted by Crippen LogP contribution is -2.45. The largest absolute Gasteiger partial charge is 0.379 e. The Labute approximate surface area is 129 Å². The highest BCUT2D eigenvalue weighted by Crippen LogP contribution is 2.19. The summed E-state index contributed by atoms with van der Waals surface area (Å²) in [5.41, 5.74) is 0. The maximum atomic E-state index is 13.1. The van der Waals surface area contributed by atoms with E-state index in [2.05, 4.69) is 9.62 Å². The highest BCUT2D eigenvalue weighted by atomic mass is 35.5. The lowest BCUT2D eigenvalue weighted by atomic mass is 10.3. The van der Waals surface area contributed by atoms with Crippen LogP contribution in [0.25, 0.3) is 0 Å². The van der Waals surface area contributed by atoms with Gasteiger partial charge < -0.3 is 4.74 Å². The fraction of sp³-hybridized carbons (Fsp3) is 0.538. The quantitative estimate of drug-likeness (QED) is 0.885. The van der Waals surface area contributed by atoms with Gasteiger partial charge >= 0.3 is 0 Å². The number of rotatable bonds is 5. The Kier molecular flexibility index (Phi) is 5.56. The van der Waals surface area contributed by atoms with Crippen LogP contribution in [0.3, 0.4) is 0 Å². The van der Waals surface area contributed by atoms with Crippen molar-refractivity contribution in [3.05, 3.63) is 29.0 Å². The van der Waals surface area contributed by atoms with Gasteiger partial charge in [0.2, 0.25) is 10.0 Å². The molecule has 0 bridgehead atoms. The van der Waals surface area contributed by atoms with Crippen molar-refractivity contribution in [1.29, 1.82) is 0 Å². The summed E-state index contributed by atoms with van der Waals surface area (Å²) in [5.74, 6) is -0.642. The van der Waals surface area contributed by atoms with Crippen LogP contribution in [-0.4, -0.2) is 52.2 Å². The van der Waals surface area contributed by atoms with Crippen LogP contribution in [0.15, 0.2) is 23.1 Å². The molecule has 2 rings (SSSR count). The second-order valence-corrected chi connectivity index (χ2v) is 7.13. The molecule has 1 aliphatic heterocycles. The molecule has 1 aromatic rings. The van der Waals surface area contributed by atoms with Crippen molar-refractivity contribution in [2.75, 3.05) is 32.8 Å². The van der Waals surface area contributed by atoms with Gasteiger partial charge in [-0.15, -0.1) is 0 Å². The fourth-order valence-electron chi connectivity index (χ4n) is 2.19. The van der Waals surface area contributed by atoms with E-state index in [9.17, 15) is 12.8 Å². The Balaban J connectivity index is 2.00. The fourth-order valence-corrected chi connectivity index (χ4v) is 3.69. The summed E-state index contributed by atoms with van der Waals surface area (Å²) < 4.78 is 45.3. The second kappa shape index (κ2) is 7.02. The SMILES string of the molecule is C[C@@H](CN1CCOCC1)NS(=O)(=O)c1ccc(F)c(Cl)c1. The molecule has 0 unspecified atom stereocenters. The van der Waals surface area contributed by atoms with Crippen molar-refractivity contribution >= 4 is 21.6 Å². The van der Waals surface area contributed by atoms with Crippen molar-refractivity contribution < 1.29 is 17.5 Å². The van der Waals surface area contributed by atoms with E-state index in [0.29, 0.717) is 19.8 Å². The van der Waals surface area contributed by atoms with E-state index in [1.807, 2.05) is 0 Å². The maximum absolute atomic E-state index is 13.1. The average molecular weight is 337 g/mol. The predicted molar refractivity (Wildman–Crippen MR) is 78.5 cm³/mol. The molecule has 0 radical (unpaired) electrons. The molecule has 0 spiro atoms. The summed E-state index contributed by atoms with van der Waals surface area (Å²) in [6.07, 6.45) is 0. The molecular weight excluding hydrogens is 319 g/mol. The van der Waals surface area contributed by atoms with Gasteiger partial charge in [-0.05, 0) is 25.1 Å². The zero-order valence-electron chi connectivity index (χ0n) is 11.7. The number of hydrogen-bond donors (Lipinski definition) is 1. The first-order valence-corrected chi connectivity index (χ1v) is 8.52. The van der Waals surface area contributed by atoms with Gasteiger partial charge in [-0.3, -0.25) is 4.90 Å². The highest BCUT2D eigenvalue weighted by molar-refractivity contribution is 7.89. The van der Waals surface area contributed by atoms with E-state index < -0.39 is 15.8 Å². The van der Waals surface area contributed by atoms with E-state index in [4.69, 9.17) is 16.3 Å². The first-order valence-electron chi connectivity index (χ1n) is 6.66. The molecule has 5 nitrogen and oxygen atoms in total. The summed E-state index contributed by atoms with van der Waals surface area (Å²) in [7, 11) is -3.71. The number of halogens is 2. The molecule has 1 atom stereocenters. The van der Waals surface area contributed by atoms with E-state index in [1.165, 1.54) is 6.07 Å². The molecule has 0 amide bonds. The van der Waals surface area contributed by atoms with Crippen molar-refractivity contribution in [2.45, 2.75) is 17.9 Å². The number of benzene rings is 1. The number of ether oxygens (including phenoxy) is 1. The van der Waals surface area contributed by atoms with Crippen LogP contribution in [0, 0.1) is 5.82 Å². The number of morpholine rings is 1. The Morgan fingerprint density at radius 1 is 1.43 bits per heavy atom. The molecule has 1 fully saturated rings. The minimum Gasteiger partial charge on any atom is -0.379 e. The van der Waals surface area contributed by atoms with E-state index in [-0.39, 0.29) is 16.0 Å². The summed E-state index contributed by atoms with van der Waals surface area (Å²) >= 11 is 5.62. The van der Waals surface area contributed by atoms with Gasteiger partial charge in [-0.1, -0.05) is 11.6 Å². The summed E-state index contributed by atoms with van der Waals surface area (Å²) in [6.45, 7) is 5.28. The molecular formula is C13H18ClFN2O3S. The smallest absolute Gasteiger partial charge is 0.240 e. The molecule has 0 aromatic heterocycles. The molecule has 1 aliphatic rings. The van der Waals surface area contributed by atoms with E-state index >= 15 is 0 Å². The zero-order valence-corrected chi connectivity index (χ0v) is 13.3. The third-order valence-corrected chi connectivity index (χ3v) is 5.07. The van der Waals surface area contributed by atoms with Crippen LogP contribution in [-0.2, 0) is 14.8 Å². The van der Waals surface area contributed by atoms with Gasteiger partial charge in [0, 0.05) is 25.7 Å². The van der Waals surface area contributed by atoms with E-state index in [1.54, 1.807) is 6.92 Å². The number of sulfonamides is 1. The molecule has 1 heterocycles. The molecule has 1 aromatic carbocycles. The van der Waals surface area contributed by atoms with Gasteiger partial charge in [0.1, 0.15) is 5.82 Å². The number of hydrogen-bond acceptors (Lipinski definition) is 4. The molecule has 1 saturated heterocycles. The maximum Gasteiger partial charge on any atom is 0.240 e. The van der Waals surface area contributed by atoms with Crippen LogP contribution < -0.4 is 4.72 Å². The van der Waals surface area contributed by atoms with Crippen molar-refractivity contribution in [3.63, 3.8) is 0 Å². The second-order valence-electron chi connectivity index (χ2n) is 5.01.